The lowest BCUT2D eigenvalue weighted by molar-refractivity contribution is -0.144. The Kier molecular flexibility index (Phi) is 7.75. The number of carbonyl (C=O) groups is 4. The lowest BCUT2D eigenvalue weighted by atomic mass is 9.91. The van der Waals surface area contributed by atoms with Crippen molar-refractivity contribution < 1.29 is 29.4 Å². The van der Waals surface area contributed by atoms with Crippen LogP contribution in [-0.2, 0) is 38.6 Å². The summed E-state index contributed by atoms with van der Waals surface area (Å²) >= 11 is 0. The number of carbonyl (C=O) groups excluding carboxylic acids is 3. The van der Waals surface area contributed by atoms with Gasteiger partial charge in [-0.25, -0.2) is 0 Å². The molecule has 0 saturated carbocycles. The summed E-state index contributed by atoms with van der Waals surface area (Å²) in [4.78, 5) is 50.8. The third-order valence-corrected chi connectivity index (χ3v) is 6.29. The molecule has 3 atom stereocenters. The Labute approximate surface area is 202 Å². The van der Waals surface area contributed by atoms with Gasteiger partial charge in [-0.3, -0.25) is 19.2 Å². The standard InChI is InChI=1S/C25H30N4O6/c1-13-7-17(30)8-14(2)18(13)10-19(26)25(35)29-12-16-6-4-3-5-15(16)9-21(29)24(34)28-20(23(27)33)11-22(31)32/h3-8,19-21,30H,9-12,26H2,1-2H3,(H2,27,33)(H,28,34)(H,31,32)/t19-,20-,21-/m0/s1. The van der Waals surface area contributed by atoms with E-state index in [9.17, 15) is 24.3 Å². The lowest BCUT2D eigenvalue weighted by Gasteiger charge is -2.38. The van der Waals surface area contributed by atoms with Crippen LogP contribution in [0, 0.1) is 13.8 Å². The molecule has 0 bridgehead atoms. The summed E-state index contributed by atoms with van der Waals surface area (Å²) in [6, 6.07) is 7.18. The molecule has 0 aromatic heterocycles. The highest BCUT2D eigenvalue weighted by Gasteiger charge is 2.38. The minimum atomic E-state index is -1.41. The first-order valence-corrected chi connectivity index (χ1v) is 11.2. The van der Waals surface area contributed by atoms with Crippen molar-refractivity contribution in [2.75, 3.05) is 0 Å². The molecule has 1 aliphatic heterocycles. The van der Waals surface area contributed by atoms with Crippen molar-refractivity contribution in [1.82, 2.24) is 10.2 Å². The minimum Gasteiger partial charge on any atom is -0.508 e. The Morgan fingerprint density at radius 2 is 1.71 bits per heavy atom. The van der Waals surface area contributed by atoms with E-state index in [1.54, 1.807) is 12.1 Å². The van der Waals surface area contributed by atoms with Crippen LogP contribution in [-0.4, -0.2) is 56.9 Å². The van der Waals surface area contributed by atoms with E-state index in [1.165, 1.54) is 4.90 Å². The van der Waals surface area contributed by atoms with Gasteiger partial charge in [0.05, 0.1) is 12.5 Å². The number of carboxylic acid groups (broad SMARTS) is 1. The van der Waals surface area contributed by atoms with Gasteiger partial charge >= 0.3 is 5.97 Å². The molecule has 1 aliphatic rings. The number of aliphatic carboxylic acids is 1. The number of hydrogen-bond donors (Lipinski definition) is 5. The smallest absolute Gasteiger partial charge is 0.305 e. The van der Waals surface area contributed by atoms with Gasteiger partial charge in [0.25, 0.3) is 0 Å². The largest absolute Gasteiger partial charge is 0.508 e. The number of benzene rings is 2. The first kappa shape index (κ1) is 25.7. The average Bonchev–Trinajstić information content (AvgIpc) is 2.78. The molecule has 0 saturated heterocycles. The van der Waals surface area contributed by atoms with Crippen LogP contribution < -0.4 is 16.8 Å². The Bertz CT molecular complexity index is 1140. The van der Waals surface area contributed by atoms with E-state index in [2.05, 4.69) is 5.32 Å². The summed E-state index contributed by atoms with van der Waals surface area (Å²) < 4.78 is 0. The quantitative estimate of drug-likeness (QED) is 0.359. The molecular weight excluding hydrogens is 452 g/mol. The zero-order chi connectivity index (χ0) is 25.9. The highest BCUT2D eigenvalue weighted by Crippen LogP contribution is 2.26. The number of nitrogens with one attached hydrogen (secondary N) is 1. The van der Waals surface area contributed by atoms with E-state index in [0.717, 1.165) is 27.8 Å². The maximum atomic E-state index is 13.5. The third-order valence-electron chi connectivity index (χ3n) is 6.29. The second kappa shape index (κ2) is 10.6. The SMILES string of the molecule is Cc1cc(O)cc(C)c1C[C@H](N)C(=O)N1Cc2ccccc2C[C@H]1C(=O)N[C@@H](CC(=O)O)C(N)=O. The summed E-state index contributed by atoms with van der Waals surface area (Å²) in [5, 5.41) is 21.2. The molecule has 0 fully saturated rings. The fourth-order valence-electron chi connectivity index (χ4n) is 4.47. The molecule has 35 heavy (non-hydrogen) atoms. The minimum absolute atomic E-state index is 0.124. The lowest BCUT2D eigenvalue weighted by Crippen LogP contribution is -2.59. The zero-order valence-corrected chi connectivity index (χ0v) is 19.7. The Balaban J connectivity index is 1.87. The van der Waals surface area contributed by atoms with Crippen molar-refractivity contribution in [2.24, 2.45) is 11.5 Å². The second-order valence-electron chi connectivity index (χ2n) is 8.88. The van der Waals surface area contributed by atoms with Crippen molar-refractivity contribution in [3.8, 4) is 5.75 Å². The highest BCUT2D eigenvalue weighted by molar-refractivity contribution is 5.94. The normalized spacial score (nSPS) is 16.7. The zero-order valence-electron chi connectivity index (χ0n) is 19.7. The molecule has 0 unspecified atom stereocenters. The topological polar surface area (TPSA) is 176 Å². The van der Waals surface area contributed by atoms with E-state index in [4.69, 9.17) is 16.6 Å². The first-order chi connectivity index (χ1) is 16.5. The molecular formula is C25H30N4O6. The van der Waals surface area contributed by atoms with Crippen LogP contribution in [0.2, 0.25) is 0 Å². The molecule has 7 N–H and O–H groups in total. The number of rotatable bonds is 8. The molecule has 186 valence electrons. The Morgan fingerprint density at radius 1 is 1.11 bits per heavy atom. The molecule has 3 amide bonds. The fourth-order valence-corrected chi connectivity index (χ4v) is 4.47. The van der Waals surface area contributed by atoms with Crippen molar-refractivity contribution in [3.05, 3.63) is 64.2 Å². The number of fused-ring (bicyclic) bond motifs is 1. The van der Waals surface area contributed by atoms with E-state index < -0.39 is 48.2 Å². The van der Waals surface area contributed by atoms with Gasteiger partial charge in [0.1, 0.15) is 17.8 Å². The predicted molar refractivity (Wildman–Crippen MR) is 127 cm³/mol. The Morgan fingerprint density at radius 3 is 2.29 bits per heavy atom. The van der Waals surface area contributed by atoms with Crippen LogP contribution in [0.3, 0.4) is 0 Å². The van der Waals surface area contributed by atoms with Crippen LogP contribution in [0.15, 0.2) is 36.4 Å². The number of phenolic OH excluding ortho intramolecular Hbond substituents is 1. The number of amides is 3. The van der Waals surface area contributed by atoms with Crippen molar-refractivity contribution in [3.63, 3.8) is 0 Å². The first-order valence-electron chi connectivity index (χ1n) is 11.2. The van der Waals surface area contributed by atoms with Gasteiger partial charge in [0.15, 0.2) is 0 Å². The maximum absolute atomic E-state index is 13.5. The second-order valence-corrected chi connectivity index (χ2v) is 8.88. The van der Waals surface area contributed by atoms with Crippen LogP contribution in [0.25, 0.3) is 0 Å². The third kappa shape index (κ3) is 5.96. The molecule has 2 aromatic rings. The molecule has 0 aliphatic carbocycles. The summed E-state index contributed by atoms with van der Waals surface area (Å²) in [6.45, 7) is 3.77. The van der Waals surface area contributed by atoms with Crippen molar-refractivity contribution in [2.45, 2.75) is 57.8 Å². The van der Waals surface area contributed by atoms with Gasteiger partial charge in [0.2, 0.25) is 17.7 Å². The maximum Gasteiger partial charge on any atom is 0.305 e. The molecule has 2 aromatic carbocycles. The van der Waals surface area contributed by atoms with Gasteiger partial charge in [-0.15, -0.1) is 0 Å². The summed E-state index contributed by atoms with van der Waals surface area (Å²) in [5.74, 6) is -3.29. The van der Waals surface area contributed by atoms with Gasteiger partial charge < -0.3 is 31.9 Å². The predicted octanol–water partition coefficient (Wildman–Crippen LogP) is 0.277. The van der Waals surface area contributed by atoms with E-state index in [1.807, 2.05) is 38.1 Å². The summed E-state index contributed by atoms with van der Waals surface area (Å²) in [6.07, 6.45) is -0.292. The molecule has 10 heteroatoms. The number of carboxylic acids is 1. The van der Waals surface area contributed by atoms with Crippen LogP contribution >= 0.6 is 0 Å². The van der Waals surface area contributed by atoms with Crippen molar-refractivity contribution in [1.29, 1.82) is 0 Å². The molecule has 10 nitrogen and oxygen atoms in total. The average molecular weight is 483 g/mol. The van der Waals surface area contributed by atoms with Crippen molar-refractivity contribution >= 4 is 23.7 Å². The number of nitrogens with zero attached hydrogens (tertiary/aromatic N) is 1. The number of nitrogens with two attached hydrogens (primary N) is 2. The number of hydrogen-bond acceptors (Lipinski definition) is 6. The van der Waals surface area contributed by atoms with Gasteiger partial charge in [-0.2, -0.15) is 0 Å². The fraction of sp³-hybridized carbons (Fsp3) is 0.360. The van der Waals surface area contributed by atoms with E-state index >= 15 is 0 Å². The van der Waals surface area contributed by atoms with Gasteiger partial charge in [0, 0.05) is 13.0 Å². The summed E-state index contributed by atoms with van der Waals surface area (Å²) in [5.41, 5.74) is 15.7. The molecule has 3 rings (SSSR count). The van der Waals surface area contributed by atoms with Crippen LogP contribution in [0.5, 0.6) is 5.75 Å². The molecule has 0 radical (unpaired) electrons. The number of aromatic hydroxyl groups is 1. The monoisotopic (exact) mass is 482 g/mol. The number of aryl methyl sites for hydroxylation is 2. The molecule has 1 heterocycles. The number of primary amides is 1. The molecule has 0 spiro atoms. The van der Waals surface area contributed by atoms with Crippen LogP contribution in [0.1, 0.15) is 34.2 Å². The van der Waals surface area contributed by atoms with Gasteiger partial charge in [-0.1, -0.05) is 24.3 Å². The summed E-state index contributed by atoms with van der Waals surface area (Å²) in [7, 11) is 0. The number of phenols is 1. The Hall–Kier alpha value is -3.92. The van der Waals surface area contributed by atoms with Crippen LogP contribution in [0.4, 0.5) is 0 Å². The van der Waals surface area contributed by atoms with Gasteiger partial charge in [-0.05, 0) is 60.2 Å². The van der Waals surface area contributed by atoms with E-state index in [0.29, 0.717) is 0 Å². The van der Waals surface area contributed by atoms with E-state index in [-0.39, 0.29) is 25.1 Å². The highest BCUT2D eigenvalue weighted by atomic mass is 16.4.